The Hall–Kier alpha value is -4.52. The fourth-order valence-corrected chi connectivity index (χ4v) is 5.21. The summed E-state index contributed by atoms with van der Waals surface area (Å²) in [4.78, 5) is 64.6. The molecule has 186 valence electrons. The van der Waals surface area contributed by atoms with Crippen LogP contribution in [0.1, 0.15) is 57.7 Å². The summed E-state index contributed by atoms with van der Waals surface area (Å²) in [7, 11) is 0. The lowest BCUT2D eigenvalue weighted by Gasteiger charge is -2.29. The first-order valence-corrected chi connectivity index (χ1v) is 12.4. The average Bonchev–Trinajstić information content (AvgIpc) is 3.52. The fourth-order valence-electron chi connectivity index (χ4n) is 5.21. The van der Waals surface area contributed by atoms with Crippen LogP contribution in [0.4, 0.5) is 0 Å². The number of carbonyl (C=O) groups is 4. The molecule has 3 aliphatic heterocycles. The minimum Gasteiger partial charge on any atom is -0.343 e. The summed E-state index contributed by atoms with van der Waals surface area (Å²) in [5.74, 6) is 5.68. The van der Waals surface area contributed by atoms with Gasteiger partial charge in [-0.05, 0) is 49.1 Å². The van der Waals surface area contributed by atoms with Crippen LogP contribution in [0.15, 0.2) is 36.7 Å². The number of nitrogens with zero attached hydrogens (tertiary/aromatic N) is 4. The van der Waals surface area contributed by atoms with Gasteiger partial charge in [0.05, 0.1) is 11.8 Å². The van der Waals surface area contributed by atoms with Crippen molar-refractivity contribution in [3.05, 3.63) is 59.0 Å². The quantitative estimate of drug-likeness (QED) is 0.410. The number of likely N-dealkylation sites (tertiary alicyclic amines) is 1. The van der Waals surface area contributed by atoms with Crippen LogP contribution in [-0.2, 0) is 16.1 Å². The number of fused-ring (bicyclic) bond motifs is 2. The van der Waals surface area contributed by atoms with E-state index in [1.807, 2.05) is 12.1 Å². The number of imidazole rings is 1. The number of benzene rings is 1. The SMILES string of the molecule is O=C1CCC(N2Cc3c(C#CC4CCN(C(=O)c5ccc6[nH]cnc6n5)CC4)cccc3C2=O)C(=O)N1. The van der Waals surface area contributed by atoms with Crippen LogP contribution in [0.25, 0.3) is 11.2 Å². The smallest absolute Gasteiger partial charge is 0.272 e. The summed E-state index contributed by atoms with van der Waals surface area (Å²) in [6.45, 7) is 1.48. The summed E-state index contributed by atoms with van der Waals surface area (Å²) in [5.41, 5.74) is 3.84. The summed E-state index contributed by atoms with van der Waals surface area (Å²) in [6.07, 6.45) is 3.60. The minimum absolute atomic E-state index is 0.107. The molecule has 37 heavy (non-hydrogen) atoms. The van der Waals surface area contributed by atoms with Crippen molar-refractivity contribution in [3.63, 3.8) is 0 Å². The highest BCUT2D eigenvalue weighted by Crippen LogP contribution is 2.30. The largest absolute Gasteiger partial charge is 0.343 e. The van der Waals surface area contributed by atoms with Gasteiger partial charge in [0.2, 0.25) is 11.8 Å². The van der Waals surface area contributed by atoms with E-state index in [2.05, 4.69) is 32.1 Å². The van der Waals surface area contributed by atoms with Crippen LogP contribution in [0.2, 0.25) is 0 Å². The number of nitrogens with one attached hydrogen (secondary N) is 2. The molecule has 5 heterocycles. The molecule has 1 unspecified atom stereocenters. The molecule has 1 aromatic carbocycles. The van der Waals surface area contributed by atoms with Crippen molar-refractivity contribution < 1.29 is 19.2 Å². The van der Waals surface area contributed by atoms with Gasteiger partial charge in [-0.15, -0.1) is 0 Å². The predicted octanol–water partition coefficient (Wildman–Crippen LogP) is 1.62. The first kappa shape index (κ1) is 22.9. The van der Waals surface area contributed by atoms with Gasteiger partial charge in [-0.1, -0.05) is 17.9 Å². The lowest BCUT2D eigenvalue weighted by Crippen LogP contribution is -2.52. The molecule has 10 nitrogen and oxygen atoms in total. The lowest BCUT2D eigenvalue weighted by molar-refractivity contribution is -0.136. The zero-order valence-electron chi connectivity index (χ0n) is 20.0. The molecule has 2 N–H and O–H groups in total. The molecular formula is C27H24N6O4. The molecule has 6 rings (SSSR count). The number of aromatic nitrogens is 3. The third kappa shape index (κ3) is 4.22. The summed E-state index contributed by atoms with van der Waals surface area (Å²) in [5, 5.41) is 2.33. The number of aromatic amines is 1. The number of hydrogen-bond acceptors (Lipinski definition) is 6. The number of pyridine rings is 1. The van der Waals surface area contributed by atoms with E-state index in [4.69, 9.17) is 0 Å². The summed E-state index contributed by atoms with van der Waals surface area (Å²) < 4.78 is 0. The van der Waals surface area contributed by atoms with Gasteiger partial charge >= 0.3 is 0 Å². The zero-order chi connectivity index (χ0) is 25.5. The number of hydrogen-bond donors (Lipinski definition) is 2. The highest BCUT2D eigenvalue weighted by Gasteiger charge is 2.39. The first-order valence-electron chi connectivity index (χ1n) is 12.4. The number of amides is 4. The van der Waals surface area contributed by atoms with E-state index >= 15 is 0 Å². The van der Waals surface area contributed by atoms with Gasteiger partial charge in [0.1, 0.15) is 11.7 Å². The molecule has 0 spiro atoms. The van der Waals surface area contributed by atoms with E-state index in [0.717, 1.165) is 29.5 Å². The van der Waals surface area contributed by atoms with Crippen molar-refractivity contribution in [3.8, 4) is 11.8 Å². The average molecular weight is 497 g/mol. The van der Waals surface area contributed by atoms with E-state index in [1.165, 1.54) is 4.90 Å². The van der Waals surface area contributed by atoms with Crippen molar-refractivity contribution >= 4 is 34.8 Å². The van der Waals surface area contributed by atoms with Crippen LogP contribution in [0, 0.1) is 17.8 Å². The Labute approximate surface area is 212 Å². The van der Waals surface area contributed by atoms with Crippen LogP contribution in [0.5, 0.6) is 0 Å². The van der Waals surface area contributed by atoms with Crippen LogP contribution in [-0.4, -0.2) is 67.5 Å². The molecule has 3 aromatic rings. The molecule has 0 bridgehead atoms. The topological polar surface area (TPSA) is 128 Å². The lowest BCUT2D eigenvalue weighted by atomic mass is 9.96. The number of H-pyrrole nitrogens is 1. The normalized spacial score (nSPS) is 20.0. The van der Waals surface area contributed by atoms with Crippen molar-refractivity contribution in [2.45, 2.75) is 38.3 Å². The van der Waals surface area contributed by atoms with Gasteiger partial charge in [-0.25, -0.2) is 9.97 Å². The molecule has 2 aromatic heterocycles. The molecule has 0 saturated carbocycles. The third-order valence-corrected chi connectivity index (χ3v) is 7.28. The Morgan fingerprint density at radius 1 is 1.05 bits per heavy atom. The van der Waals surface area contributed by atoms with Crippen molar-refractivity contribution in [1.29, 1.82) is 0 Å². The first-order chi connectivity index (χ1) is 18.0. The maximum atomic E-state index is 13.0. The second kappa shape index (κ2) is 9.17. The molecular weight excluding hydrogens is 472 g/mol. The van der Waals surface area contributed by atoms with Gasteiger partial charge in [0, 0.05) is 43.1 Å². The van der Waals surface area contributed by atoms with Gasteiger partial charge in [0.25, 0.3) is 11.8 Å². The van der Waals surface area contributed by atoms with Crippen molar-refractivity contribution in [1.82, 2.24) is 30.1 Å². The Kier molecular flexibility index (Phi) is 5.68. The number of rotatable bonds is 2. The Bertz CT molecular complexity index is 1510. The molecule has 2 saturated heterocycles. The Morgan fingerprint density at radius 2 is 1.89 bits per heavy atom. The van der Waals surface area contributed by atoms with E-state index in [-0.39, 0.29) is 30.1 Å². The standard InChI is InChI=1S/C27H24N6O4/c34-23-9-8-22(25(35)31-23)33-14-19-17(2-1-3-18(19)26(33)36)5-4-16-10-12-32(13-11-16)27(37)21-7-6-20-24(30-21)29-15-28-20/h1-3,6-7,15-16,22H,8-14H2,(H,28,29,30)(H,31,34,35). The van der Waals surface area contributed by atoms with Gasteiger partial charge < -0.3 is 14.8 Å². The van der Waals surface area contributed by atoms with Crippen molar-refractivity contribution in [2.24, 2.45) is 5.92 Å². The summed E-state index contributed by atoms with van der Waals surface area (Å²) in [6, 6.07) is 8.33. The third-order valence-electron chi connectivity index (χ3n) is 7.28. The Morgan fingerprint density at radius 3 is 2.70 bits per heavy atom. The number of carbonyl (C=O) groups excluding carboxylic acids is 4. The fraction of sp³-hybridized carbons (Fsp3) is 0.333. The molecule has 0 aliphatic carbocycles. The van der Waals surface area contributed by atoms with Crippen LogP contribution < -0.4 is 5.32 Å². The molecule has 0 radical (unpaired) electrons. The molecule has 2 fully saturated rings. The van der Waals surface area contributed by atoms with Crippen LogP contribution >= 0.6 is 0 Å². The van der Waals surface area contributed by atoms with Gasteiger partial charge in [0.15, 0.2) is 5.65 Å². The van der Waals surface area contributed by atoms with Gasteiger partial charge in [-0.2, -0.15) is 0 Å². The molecule has 1 atom stereocenters. The zero-order valence-corrected chi connectivity index (χ0v) is 20.0. The number of imide groups is 1. The Balaban J connectivity index is 1.12. The predicted molar refractivity (Wildman–Crippen MR) is 132 cm³/mol. The maximum absolute atomic E-state index is 13.0. The molecule has 4 amide bonds. The van der Waals surface area contributed by atoms with Crippen molar-refractivity contribution in [2.75, 3.05) is 13.1 Å². The maximum Gasteiger partial charge on any atom is 0.272 e. The second-order valence-electron chi connectivity index (χ2n) is 9.54. The highest BCUT2D eigenvalue weighted by molar-refractivity contribution is 6.05. The monoisotopic (exact) mass is 496 g/mol. The van der Waals surface area contributed by atoms with E-state index in [1.54, 1.807) is 29.4 Å². The minimum atomic E-state index is -0.650. The molecule has 3 aliphatic rings. The molecule has 10 heteroatoms. The number of piperidine rings is 2. The van der Waals surface area contributed by atoms with Crippen LogP contribution in [0.3, 0.4) is 0 Å². The van der Waals surface area contributed by atoms with E-state index in [9.17, 15) is 19.2 Å². The van der Waals surface area contributed by atoms with Gasteiger partial charge in [-0.3, -0.25) is 24.5 Å². The second-order valence-corrected chi connectivity index (χ2v) is 9.54. The van der Waals surface area contributed by atoms with E-state index in [0.29, 0.717) is 43.0 Å². The summed E-state index contributed by atoms with van der Waals surface area (Å²) >= 11 is 0. The highest BCUT2D eigenvalue weighted by atomic mass is 16.2. The van der Waals surface area contributed by atoms with E-state index < -0.39 is 11.9 Å².